The summed E-state index contributed by atoms with van der Waals surface area (Å²) in [7, 11) is 0. The average molecular weight is 190 g/mol. The number of carbonyl (C=O) groups excluding carboxylic acids is 1. The van der Waals surface area contributed by atoms with Crippen LogP contribution >= 0.6 is 0 Å². The predicted molar refractivity (Wildman–Crippen MR) is 55.9 cm³/mol. The highest BCUT2D eigenvalue weighted by atomic mass is 16.1. The van der Waals surface area contributed by atoms with Gasteiger partial charge in [0.1, 0.15) is 0 Å². The molecule has 0 saturated carbocycles. The van der Waals surface area contributed by atoms with E-state index in [4.69, 9.17) is 5.73 Å². The number of benzene rings is 1. The molecule has 0 saturated heterocycles. The average Bonchev–Trinajstić information content (AvgIpc) is 2.16. The molecule has 74 valence electrons. The van der Waals surface area contributed by atoms with Crippen LogP contribution < -0.4 is 11.1 Å². The SMILES string of the molecule is CC1Nc2ccccc2CC1C(N)=O. The van der Waals surface area contributed by atoms with Gasteiger partial charge in [-0.3, -0.25) is 4.79 Å². The van der Waals surface area contributed by atoms with Crippen LogP contribution in [0.25, 0.3) is 0 Å². The molecule has 3 N–H and O–H groups in total. The first-order valence-corrected chi connectivity index (χ1v) is 4.82. The van der Waals surface area contributed by atoms with Gasteiger partial charge in [0.15, 0.2) is 0 Å². The van der Waals surface area contributed by atoms with Gasteiger partial charge in [0.2, 0.25) is 5.91 Å². The maximum absolute atomic E-state index is 11.2. The largest absolute Gasteiger partial charge is 0.382 e. The van der Waals surface area contributed by atoms with Crippen molar-refractivity contribution in [3.05, 3.63) is 29.8 Å². The fourth-order valence-electron chi connectivity index (χ4n) is 1.95. The molecule has 1 aromatic carbocycles. The molecule has 2 rings (SSSR count). The lowest BCUT2D eigenvalue weighted by Crippen LogP contribution is -2.40. The second-order valence-electron chi connectivity index (χ2n) is 3.80. The maximum Gasteiger partial charge on any atom is 0.222 e. The molecule has 1 heterocycles. The number of nitrogens with two attached hydrogens (primary N) is 1. The summed E-state index contributed by atoms with van der Waals surface area (Å²) in [4.78, 5) is 11.2. The fourth-order valence-corrected chi connectivity index (χ4v) is 1.95. The van der Waals surface area contributed by atoms with Crippen molar-refractivity contribution in [2.75, 3.05) is 5.32 Å². The van der Waals surface area contributed by atoms with Crippen LogP contribution in [0, 0.1) is 5.92 Å². The van der Waals surface area contributed by atoms with Crippen molar-refractivity contribution in [2.24, 2.45) is 11.7 Å². The van der Waals surface area contributed by atoms with Crippen molar-refractivity contribution in [2.45, 2.75) is 19.4 Å². The second kappa shape index (κ2) is 3.33. The van der Waals surface area contributed by atoms with Crippen LogP contribution in [0.5, 0.6) is 0 Å². The Morgan fingerprint density at radius 2 is 2.21 bits per heavy atom. The van der Waals surface area contributed by atoms with Gasteiger partial charge in [-0.2, -0.15) is 0 Å². The van der Waals surface area contributed by atoms with Crippen LogP contribution in [0.3, 0.4) is 0 Å². The zero-order valence-corrected chi connectivity index (χ0v) is 8.16. The van der Waals surface area contributed by atoms with Crippen molar-refractivity contribution in [1.82, 2.24) is 0 Å². The number of rotatable bonds is 1. The molecule has 3 heteroatoms. The molecule has 0 aromatic heterocycles. The molecule has 1 amide bonds. The first-order chi connectivity index (χ1) is 6.68. The lowest BCUT2D eigenvalue weighted by Gasteiger charge is -2.30. The Labute approximate surface area is 83.3 Å². The molecule has 0 bridgehead atoms. The summed E-state index contributed by atoms with van der Waals surface area (Å²) in [6.07, 6.45) is 0.750. The molecule has 0 fully saturated rings. The van der Waals surface area contributed by atoms with E-state index in [1.807, 2.05) is 31.2 Å². The summed E-state index contributed by atoms with van der Waals surface area (Å²) in [6.45, 7) is 1.99. The van der Waals surface area contributed by atoms with E-state index in [0.717, 1.165) is 12.1 Å². The summed E-state index contributed by atoms with van der Waals surface area (Å²) in [5.41, 5.74) is 7.63. The molecular weight excluding hydrogens is 176 g/mol. The first kappa shape index (κ1) is 9.06. The van der Waals surface area contributed by atoms with Gasteiger partial charge < -0.3 is 11.1 Å². The zero-order valence-electron chi connectivity index (χ0n) is 8.16. The number of primary amides is 1. The van der Waals surface area contributed by atoms with Crippen molar-refractivity contribution in [3.63, 3.8) is 0 Å². The highest BCUT2D eigenvalue weighted by Crippen LogP contribution is 2.27. The lowest BCUT2D eigenvalue weighted by molar-refractivity contribution is -0.122. The molecule has 0 aliphatic carbocycles. The summed E-state index contributed by atoms with van der Waals surface area (Å²) >= 11 is 0. The number of nitrogens with one attached hydrogen (secondary N) is 1. The molecule has 2 unspecified atom stereocenters. The van der Waals surface area contributed by atoms with E-state index in [9.17, 15) is 4.79 Å². The third-order valence-corrected chi connectivity index (χ3v) is 2.81. The van der Waals surface area contributed by atoms with E-state index in [2.05, 4.69) is 5.32 Å². The van der Waals surface area contributed by atoms with E-state index >= 15 is 0 Å². The Bertz CT molecular complexity index is 362. The number of carbonyl (C=O) groups is 1. The van der Waals surface area contributed by atoms with Gasteiger partial charge in [-0.15, -0.1) is 0 Å². The summed E-state index contributed by atoms with van der Waals surface area (Å²) in [5, 5.41) is 3.29. The van der Waals surface area contributed by atoms with E-state index < -0.39 is 0 Å². The van der Waals surface area contributed by atoms with Crippen LogP contribution in [-0.2, 0) is 11.2 Å². The Hall–Kier alpha value is -1.51. The first-order valence-electron chi connectivity index (χ1n) is 4.82. The van der Waals surface area contributed by atoms with Gasteiger partial charge >= 0.3 is 0 Å². The van der Waals surface area contributed by atoms with Crippen LogP contribution in [0.1, 0.15) is 12.5 Å². The van der Waals surface area contributed by atoms with Crippen molar-refractivity contribution in [3.8, 4) is 0 Å². The van der Waals surface area contributed by atoms with Gasteiger partial charge in [0.05, 0.1) is 5.92 Å². The topological polar surface area (TPSA) is 55.1 Å². The van der Waals surface area contributed by atoms with Crippen LogP contribution in [0.4, 0.5) is 5.69 Å². The van der Waals surface area contributed by atoms with Crippen molar-refractivity contribution >= 4 is 11.6 Å². The van der Waals surface area contributed by atoms with Gasteiger partial charge in [0.25, 0.3) is 0 Å². The normalized spacial score (nSPS) is 24.9. The standard InChI is InChI=1S/C11H14N2O/c1-7-9(11(12)14)6-8-4-2-3-5-10(8)13-7/h2-5,7,9,13H,6H2,1H3,(H2,12,14). The van der Waals surface area contributed by atoms with Gasteiger partial charge in [-0.1, -0.05) is 18.2 Å². The van der Waals surface area contributed by atoms with Gasteiger partial charge in [-0.25, -0.2) is 0 Å². The van der Waals surface area contributed by atoms with E-state index in [1.165, 1.54) is 5.56 Å². The highest BCUT2D eigenvalue weighted by molar-refractivity contribution is 5.79. The monoisotopic (exact) mass is 190 g/mol. The van der Waals surface area contributed by atoms with Crippen LogP contribution in [-0.4, -0.2) is 11.9 Å². The Kier molecular flexibility index (Phi) is 2.15. The molecular formula is C11H14N2O. The summed E-state index contributed by atoms with van der Waals surface area (Å²) in [5.74, 6) is -0.315. The fraction of sp³-hybridized carbons (Fsp3) is 0.364. The Morgan fingerprint density at radius 1 is 1.50 bits per heavy atom. The Balaban J connectivity index is 2.31. The van der Waals surface area contributed by atoms with E-state index in [-0.39, 0.29) is 17.9 Å². The quantitative estimate of drug-likeness (QED) is 0.697. The number of hydrogen-bond donors (Lipinski definition) is 2. The highest BCUT2D eigenvalue weighted by Gasteiger charge is 2.28. The minimum Gasteiger partial charge on any atom is -0.382 e. The lowest BCUT2D eigenvalue weighted by atomic mass is 9.88. The zero-order chi connectivity index (χ0) is 10.1. The number of para-hydroxylation sites is 1. The van der Waals surface area contributed by atoms with Crippen molar-refractivity contribution in [1.29, 1.82) is 0 Å². The van der Waals surface area contributed by atoms with Crippen LogP contribution in [0.2, 0.25) is 0 Å². The second-order valence-corrected chi connectivity index (χ2v) is 3.80. The molecule has 3 nitrogen and oxygen atoms in total. The molecule has 1 aromatic rings. The molecule has 0 radical (unpaired) electrons. The van der Waals surface area contributed by atoms with Crippen molar-refractivity contribution < 1.29 is 4.79 Å². The maximum atomic E-state index is 11.2. The third kappa shape index (κ3) is 1.45. The predicted octanol–water partition coefficient (Wildman–Crippen LogP) is 1.14. The number of amides is 1. The third-order valence-electron chi connectivity index (χ3n) is 2.81. The molecule has 14 heavy (non-hydrogen) atoms. The number of fused-ring (bicyclic) bond motifs is 1. The van der Waals surface area contributed by atoms with Crippen LogP contribution in [0.15, 0.2) is 24.3 Å². The van der Waals surface area contributed by atoms with Gasteiger partial charge in [0, 0.05) is 11.7 Å². The number of hydrogen-bond acceptors (Lipinski definition) is 2. The van der Waals surface area contributed by atoms with Gasteiger partial charge in [-0.05, 0) is 25.0 Å². The molecule has 1 aliphatic rings. The van der Waals surface area contributed by atoms with E-state index in [1.54, 1.807) is 0 Å². The number of anilines is 1. The Morgan fingerprint density at radius 3 is 2.93 bits per heavy atom. The summed E-state index contributed by atoms with van der Waals surface area (Å²) < 4.78 is 0. The van der Waals surface area contributed by atoms with E-state index in [0.29, 0.717) is 0 Å². The molecule has 1 aliphatic heterocycles. The molecule has 0 spiro atoms. The minimum absolute atomic E-state index is 0.0927. The summed E-state index contributed by atoms with van der Waals surface area (Å²) in [6, 6.07) is 8.16. The smallest absolute Gasteiger partial charge is 0.222 e. The minimum atomic E-state index is -0.223. The molecule has 2 atom stereocenters.